The van der Waals surface area contributed by atoms with Crippen molar-refractivity contribution in [1.82, 2.24) is 4.98 Å². The first-order valence-corrected chi connectivity index (χ1v) is 6.64. The standard InChI is InChI=1S/C14H22FN3O/c1-10(2)11(7-8-16)3-6-14(19)18-13-5-4-12(15)9-17-13/h4-5,9-11H,3,6-8,16H2,1-2H3,(H,17,18,19). The number of nitrogens with one attached hydrogen (secondary N) is 1. The summed E-state index contributed by atoms with van der Waals surface area (Å²) in [6.45, 7) is 4.92. The van der Waals surface area contributed by atoms with Crippen molar-refractivity contribution in [3.63, 3.8) is 0 Å². The molecule has 1 rings (SSSR count). The molecule has 0 fully saturated rings. The predicted octanol–water partition coefficient (Wildman–Crippen LogP) is 2.56. The van der Waals surface area contributed by atoms with Gasteiger partial charge in [-0.1, -0.05) is 13.8 Å². The van der Waals surface area contributed by atoms with E-state index in [9.17, 15) is 9.18 Å². The van der Waals surface area contributed by atoms with E-state index in [0.717, 1.165) is 19.0 Å². The second-order valence-electron chi connectivity index (χ2n) is 5.03. The minimum atomic E-state index is -0.416. The molecule has 106 valence electrons. The van der Waals surface area contributed by atoms with E-state index in [4.69, 9.17) is 5.73 Å². The molecule has 1 unspecified atom stereocenters. The SMILES string of the molecule is CC(C)C(CCN)CCC(=O)Nc1ccc(F)cn1. The zero-order valence-electron chi connectivity index (χ0n) is 11.5. The largest absolute Gasteiger partial charge is 0.330 e. The molecule has 0 spiro atoms. The van der Waals surface area contributed by atoms with Crippen molar-refractivity contribution in [1.29, 1.82) is 0 Å². The van der Waals surface area contributed by atoms with Crippen LogP contribution in [0.1, 0.15) is 33.1 Å². The van der Waals surface area contributed by atoms with Gasteiger partial charge in [0.05, 0.1) is 6.20 Å². The fourth-order valence-electron chi connectivity index (χ4n) is 2.00. The monoisotopic (exact) mass is 267 g/mol. The third-order valence-electron chi connectivity index (χ3n) is 3.22. The Morgan fingerprint density at radius 1 is 1.42 bits per heavy atom. The number of rotatable bonds is 7. The normalized spacial score (nSPS) is 12.5. The third-order valence-corrected chi connectivity index (χ3v) is 3.22. The van der Waals surface area contributed by atoms with Crippen LogP contribution in [0.3, 0.4) is 0 Å². The summed E-state index contributed by atoms with van der Waals surface area (Å²) in [6.07, 6.45) is 3.25. The highest BCUT2D eigenvalue weighted by Gasteiger charge is 2.14. The number of hydrogen-bond acceptors (Lipinski definition) is 3. The number of hydrogen-bond donors (Lipinski definition) is 2. The molecular weight excluding hydrogens is 245 g/mol. The lowest BCUT2D eigenvalue weighted by Gasteiger charge is -2.19. The van der Waals surface area contributed by atoms with E-state index < -0.39 is 5.82 Å². The van der Waals surface area contributed by atoms with Gasteiger partial charge in [0.2, 0.25) is 5.91 Å². The summed E-state index contributed by atoms with van der Waals surface area (Å²) in [4.78, 5) is 15.5. The summed E-state index contributed by atoms with van der Waals surface area (Å²) in [5, 5.41) is 2.66. The molecule has 0 bridgehead atoms. The molecular formula is C14H22FN3O. The zero-order valence-corrected chi connectivity index (χ0v) is 11.5. The molecule has 0 saturated heterocycles. The van der Waals surface area contributed by atoms with Gasteiger partial charge in [-0.15, -0.1) is 0 Å². The van der Waals surface area contributed by atoms with Crippen molar-refractivity contribution in [3.05, 3.63) is 24.1 Å². The number of aromatic nitrogens is 1. The van der Waals surface area contributed by atoms with Crippen molar-refractivity contribution < 1.29 is 9.18 Å². The average molecular weight is 267 g/mol. The highest BCUT2D eigenvalue weighted by Crippen LogP contribution is 2.20. The lowest BCUT2D eigenvalue weighted by atomic mass is 9.88. The Kier molecular flexibility index (Phi) is 6.42. The van der Waals surface area contributed by atoms with E-state index >= 15 is 0 Å². The van der Waals surface area contributed by atoms with Gasteiger partial charge in [0.1, 0.15) is 11.6 Å². The van der Waals surface area contributed by atoms with Crippen LogP contribution in [0.2, 0.25) is 0 Å². The summed E-state index contributed by atoms with van der Waals surface area (Å²) in [7, 11) is 0. The van der Waals surface area contributed by atoms with Gasteiger partial charge in [-0.3, -0.25) is 4.79 Å². The summed E-state index contributed by atoms with van der Waals surface area (Å²) >= 11 is 0. The smallest absolute Gasteiger partial charge is 0.225 e. The molecule has 0 aliphatic rings. The van der Waals surface area contributed by atoms with Gasteiger partial charge in [-0.25, -0.2) is 9.37 Å². The average Bonchev–Trinajstić information content (AvgIpc) is 2.37. The van der Waals surface area contributed by atoms with Gasteiger partial charge in [0.25, 0.3) is 0 Å². The Morgan fingerprint density at radius 3 is 2.68 bits per heavy atom. The van der Waals surface area contributed by atoms with Crippen LogP contribution < -0.4 is 11.1 Å². The van der Waals surface area contributed by atoms with Crippen molar-refractivity contribution in [2.24, 2.45) is 17.6 Å². The van der Waals surface area contributed by atoms with Crippen molar-refractivity contribution in [2.75, 3.05) is 11.9 Å². The number of carbonyl (C=O) groups is 1. The van der Waals surface area contributed by atoms with E-state index in [2.05, 4.69) is 24.1 Å². The van der Waals surface area contributed by atoms with Crippen molar-refractivity contribution in [3.8, 4) is 0 Å². The second-order valence-corrected chi connectivity index (χ2v) is 5.03. The van der Waals surface area contributed by atoms with Gasteiger partial charge in [0, 0.05) is 6.42 Å². The van der Waals surface area contributed by atoms with Crippen molar-refractivity contribution in [2.45, 2.75) is 33.1 Å². The summed E-state index contributed by atoms with van der Waals surface area (Å²) in [6, 6.07) is 2.72. The Labute approximate surface area is 113 Å². The molecule has 4 nitrogen and oxygen atoms in total. The first-order chi connectivity index (χ1) is 9.02. The lowest BCUT2D eigenvalue weighted by Crippen LogP contribution is -2.18. The molecule has 1 aromatic heterocycles. The predicted molar refractivity (Wildman–Crippen MR) is 74.1 cm³/mol. The molecule has 5 heteroatoms. The number of carbonyl (C=O) groups excluding carboxylic acids is 1. The summed E-state index contributed by atoms with van der Waals surface area (Å²) in [5.74, 6) is 0.839. The van der Waals surface area contributed by atoms with Gasteiger partial charge in [0.15, 0.2) is 0 Å². The summed E-state index contributed by atoms with van der Waals surface area (Å²) in [5.41, 5.74) is 5.57. The Hall–Kier alpha value is -1.49. The van der Waals surface area contributed by atoms with E-state index in [1.165, 1.54) is 12.1 Å². The van der Waals surface area contributed by atoms with Gasteiger partial charge in [-0.05, 0) is 43.4 Å². The highest BCUT2D eigenvalue weighted by atomic mass is 19.1. The molecule has 0 aliphatic carbocycles. The number of halogens is 1. The van der Waals surface area contributed by atoms with Crippen LogP contribution in [-0.4, -0.2) is 17.4 Å². The van der Waals surface area contributed by atoms with Crippen LogP contribution in [0.15, 0.2) is 18.3 Å². The number of amides is 1. The van der Waals surface area contributed by atoms with Crippen LogP contribution in [0.4, 0.5) is 10.2 Å². The first-order valence-electron chi connectivity index (χ1n) is 6.64. The van der Waals surface area contributed by atoms with Crippen LogP contribution >= 0.6 is 0 Å². The molecule has 19 heavy (non-hydrogen) atoms. The summed E-state index contributed by atoms with van der Waals surface area (Å²) < 4.78 is 12.7. The highest BCUT2D eigenvalue weighted by molar-refractivity contribution is 5.89. The molecule has 0 radical (unpaired) electrons. The van der Waals surface area contributed by atoms with Crippen LogP contribution in [0.5, 0.6) is 0 Å². The lowest BCUT2D eigenvalue weighted by molar-refractivity contribution is -0.116. The van der Waals surface area contributed by atoms with E-state index in [1.54, 1.807) is 0 Å². The number of nitrogens with two attached hydrogens (primary N) is 1. The molecule has 1 atom stereocenters. The molecule has 0 aliphatic heterocycles. The maximum Gasteiger partial charge on any atom is 0.225 e. The van der Waals surface area contributed by atoms with Crippen LogP contribution in [-0.2, 0) is 4.79 Å². The Balaban J connectivity index is 2.40. The van der Waals surface area contributed by atoms with E-state index in [-0.39, 0.29) is 5.91 Å². The Morgan fingerprint density at radius 2 is 2.16 bits per heavy atom. The van der Waals surface area contributed by atoms with Gasteiger partial charge < -0.3 is 11.1 Å². The number of anilines is 1. The maximum atomic E-state index is 12.7. The second kappa shape index (κ2) is 7.84. The molecule has 1 aromatic rings. The maximum absolute atomic E-state index is 12.7. The Bertz CT molecular complexity index is 392. The fourth-order valence-corrected chi connectivity index (χ4v) is 2.00. The fraction of sp³-hybridized carbons (Fsp3) is 0.571. The topological polar surface area (TPSA) is 68.0 Å². The molecule has 0 aromatic carbocycles. The third kappa shape index (κ3) is 5.79. The van der Waals surface area contributed by atoms with E-state index in [0.29, 0.717) is 30.6 Å². The molecule has 3 N–H and O–H groups in total. The minimum absolute atomic E-state index is 0.0956. The quantitative estimate of drug-likeness (QED) is 0.797. The van der Waals surface area contributed by atoms with Gasteiger partial charge in [-0.2, -0.15) is 0 Å². The number of nitrogens with zero attached hydrogens (tertiary/aromatic N) is 1. The molecule has 0 saturated carbocycles. The minimum Gasteiger partial charge on any atom is -0.330 e. The van der Waals surface area contributed by atoms with Crippen LogP contribution in [0, 0.1) is 17.7 Å². The zero-order chi connectivity index (χ0) is 14.3. The van der Waals surface area contributed by atoms with Gasteiger partial charge >= 0.3 is 0 Å². The first kappa shape index (κ1) is 15.6. The van der Waals surface area contributed by atoms with E-state index in [1.807, 2.05) is 0 Å². The van der Waals surface area contributed by atoms with Crippen molar-refractivity contribution >= 4 is 11.7 Å². The molecule has 1 amide bonds. The molecule has 1 heterocycles. The number of pyridine rings is 1. The van der Waals surface area contributed by atoms with Crippen LogP contribution in [0.25, 0.3) is 0 Å².